The SMILES string of the molecule is COc1ccc(Cc2ccc3c(CC(=O)OCN)cn(S(=O)(=O)c4cccnc4)c3c2)cc1. The summed E-state index contributed by atoms with van der Waals surface area (Å²) in [6.45, 7) is -0.239. The minimum atomic E-state index is -3.93. The van der Waals surface area contributed by atoms with Crippen molar-refractivity contribution >= 4 is 26.9 Å². The van der Waals surface area contributed by atoms with E-state index in [9.17, 15) is 13.2 Å². The quantitative estimate of drug-likeness (QED) is 0.314. The zero-order chi connectivity index (χ0) is 23.4. The molecule has 0 aliphatic carbocycles. The molecule has 170 valence electrons. The number of carbonyl (C=O) groups is 1. The molecule has 0 radical (unpaired) electrons. The number of ether oxygens (including phenoxy) is 2. The molecular weight excluding hydrogens is 442 g/mol. The second-order valence-corrected chi connectivity index (χ2v) is 9.19. The molecule has 2 aromatic carbocycles. The predicted molar refractivity (Wildman–Crippen MR) is 123 cm³/mol. The van der Waals surface area contributed by atoms with Gasteiger partial charge in [-0.2, -0.15) is 0 Å². The number of hydrogen-bond donors (Lipinski definition) is 1. The number of nitrogens with two attached hydrogens (primary N) is 1. The van der Waals surface area contributed by atoms with Gasteiger partial charge in [0, 0.05) is 24.0 Å². The van der Waals surface area contributed by atoms with Gasteiger partial charge in [-0.1, -0.05) is 24.3 Å². The molecule has 0 atom stereocenters. The molecule has 9 heteroatoms. The zero-order valence-corrected chi connectivity index (χ0v) is 18.8. The van der Waals surface area contributed by atoms with Crippen molar-refractivity contribution in [3.8, 4) is 5.75 Å². The van der Waals surface area contributed by atoms with Crippen molar-refractivity contribution in [3.05, 3.63) is 89.9 Å². The molecule has 2 aromatic heterocycles. The minimum Gasteiger partial charge on any atom is -0.497 e. The fourth-order valence-corrected chi connectivity index (χ4v) is 5.00. The van der Waals surface area contributed by atoms with Gasteiger partial charge < -0.3 is 9.47 Å². The Hall–Kier alpha value is -3.69. The van der Waals surface area contributed by atoms with E-state index in [1.807, 2.05) is 42.5 Å². The number of aromatic nitrogens is 2. The molecule has 0 bridgehead atoms. The average molecular weight is 466 g/mol. The summed E-state index contributed by atoms with van der Waals surface area (Å²) in [4.78, 5) is 16.1. The van der Waals surface area contributed by atoms with Crippen LogP contribution in [0.1, 0.15) is 16.7 Å². The van der Waals surface area contributed by atoms with Gasteiger partial charge in [-0.15, -0.1) is 0 Å². The lowest BCUT2D eigenvalue weighted by Crippen LogP contribution is -2.14. The Labute approximate surface area is 191 Å². The van der Waals surface area contributed by atoms with E-state index >= 15 is 0 Å². The first-order valence-electron chi connectivity index (χ1n) is 10.2. The Morgan fingerprint density at radius 2 is 1.85 bits per heavy atom. The number of nitrogens with zero attached hydrogens (tertiary/aromatic N) is 2. The number of benzene rings is 2. The van der Waals surface area contributed by atoms with Crippen molar-refractivity contribution in [2.24, 2.45) is 5.73 Å². The van der Waals surface area contributed by atoms with Gasteiger partial charge in [0.2, 0.25) is 0 Å². The maximum Gasteiger partial charge on any atom is 0.311 e. The largest absolute Gasteiger partial charge is 0.497 e. The van der Waals surface area contributed by atoms with E-state index in [0.29, 0.717) is 22.9 Å². The van der Waals surface area contributed by atoms with Crippen LogP contribution in [0.4, 0.5) is 0 Å². The lowest BCUT2D eigenvalue weighted by molar-refractivity contribution is -0.142. The van der Waals surface area contributed by atoms with E-state index in [1.54, 1.807) is 13.2 Å². The van der Waals surface area contributed by atoms with E-state index in [0.717, 1.165) is 16.9 Å². The normalized spacial score (nSPS) is 11.5. The number of fused-ring (bicyclic) bond motifs is 1. The maximum atomic E-state index is 13.4. The standard InChI is InChI=1S/C24H23N3O5S/c1-31-20-7-4-17(5-8-20)11-18-6-9-22-19(13-24(28)32-16-25)15-27(23(22)12-18)33(29,30)21-3-2-10-26-14-21/h2-10,12,14-15H,11,13,16,25H2,1H3. The molecule has 0 aliphatic heterocycles. The Morgan fingerprint density at radius 3 is 2.52 bits per heavy atom. The van der Waals surface area contributed by atoms with Gasteiger partial charge in [0.1, 0.15) is 17.4 Å². The molecule has 33 heavy (non-hydrogen) atoms. The Kier molecular flexibility index (Phi) is 6.43. The van der Waals surface area contributed by atoms with Crippen LogP contribution in [0.15, 0.2) is 78.1 Å². The summed E-state index contributed by atoms with van der Waals surface area (Å²) in [5.41, 5.74) is 8.28. The Morgan fingerprint density at radius 1 is 1.09 bits per heavy atom. The van der Waals surface area contributed by atoms with Crippen LogP contribution in [0.25, 0.3) is 10.9 Å². The third-order valence-corrected chi connectivity index (χ3v) is 6.91. The van der Waals surface area contributed by atoms with Crippen molar-refractivity contribution in [2.75, 3.05) is 13.8 Å². The van der Waals surface area contributed by atoms with Crippen LogP contribution in [0.5, 0.6) is 5.75 Å². The summed E-state index contributed by atoms with van der Waals surface area (Å²) < 4.78 is 38.0. The Balaban J connectivity index is 1.80. The minimum absolute atomic E-state index is 0.0542. The fourth-order valence-electron chi connectivity index (χ4n) is 3.65. The summed E-state index contributed by atoms with van der Waals surface area (Å²) in [5, 5.41) is 0.648. The highest BCUT2D eigenvalue weighted by atomic mass is 32.2. The summed E-state index contributed by atoms with van der Waals surface area (Å²) in [6.07, 6.45) is 4.77. The van der Waals surface area contributed by atoms with Gasteiger partial charge in [0.15, 0.2) is 0 Å². The smallest absolute Gasteiger partial charge is 0.311 e. The van der Waals surface area contributed by atoms with Crippen LogP contribution >= 0.6 is 0 Å². The lowest BCUT2D eigenvalue weighted by Gasteiger charge is -2.09. The highest BCUT2D eigenvalue weighted by molar-refractivity contribution is 7.90. The van der Waals surface area contributed by atoms with Crippen molar-refractivity contribution < 1.29 is 22.7 Å². The van der Waals surface area contributed by atoms with Gasteiger partial charge in [-0.3, -0.25) is 15.5 Å². The number of hydrogen-bond acceptors (Lipinski definition) is 7. The fraction of sp³-hybridized carbons (Fsp3) is 0.167. The molecule has 4 aromatic rings. The van der Waals surface area contributed by atoms with Crippen LogP contribution in [0.2, 0.25) is 0 Å². The molecule has 2 N–H and O–H groups in total. The molecule has 4 rings (SSSR count). The van der Waals surface area contributed by atoms with Crippen LogP contribution in [0.3, 0.4) is 0 Å². The first-order chi connectivity index (χ1) is 15.9. The van der Waals surface area contributed by atoms with E-state index in [4.69, 9.17) is 15.2 Å². The molecular formula is C24H23N3O5S. The number of pyridine rings is 1. The number of methoxy groups -OCH3 is 1. The first-order valence-corrected chi connectivity index (χ1v) is 11.6. The van der Waals surface area contributed by atoms with Crippen LogP contribution in [0, 0.1) is 0 Å². The van der Waals surface area contributed by atoms with Gasteiger partial charge in [0.05, 0.1) is 19.0 Å². The van der Waals surface area contributed by atoms with Gasteiger partial charge in [0.25, 0.3) is 10.0 Å². The second-order valence-electron chi connectivity index (χ2n) is 7.38. The molecule has 2 heterocycles. The van der Waals surface area contributed by atoms with Crippen molar-refractivity contribution in [2.45, 2.75) is 17.7 Å². The maximum absolute atomic E-state index is 13.4. The summed E-state index contributed by atoms with van der Waals surface area (Å²) in [7, 11) is -2.32. The van der Waals surface area contributed by atoms with E-state index in [1.165, 1.54) is 28.6 Å². The van der Waals surface area contributed by atoms with E-state index < -0.39 is 16.0 Å². The van der Waals surface area contributed by atoms with E-state index in [2.05, 4.69) is 4.98 Å². The molecule has 0 spiro atoms. The molecule has 0 amide bonds. The van der Waals surface area contributed by atoms with Gasteiger partial charge in [-0.25, -0.2) is 12.4 Å². The summed E-state index contributed by atoms with van der Waals surface area (Å²) in [5.74, 6) is 0.234. The van der Waals surface area contributed by atoms with Crippen molar-refractivity contribution in [1.82, 2.24) is 8.96 Å². The Bertz CT molecular complexity index is 1380. The third kappa shape index (κ3) is 4.74. The third-order valence-electron chi connectivity index (χ3n) is 5.26. The van der Waals surface area contributed by atoms with Gasteiger partial charge >= 0.3 is 5.97 Å². The zero-order valence-electron chi connectivity index (χ0n) is 18.0. The highest BCUT2D eigenvalue weighted by Crippen LogP contribution is 2.28. The molecule has 0 saturated heterocycles. The monoisotopic (exact) mass is 465 g/mol. The van der Waals surface area contributed by atoms with Crippen molar-refractivity contribution in [1.29, 1.82) is 0 Å². The summed E-state index contributed by atoms with van der Waals surface area (Å²) >= 11 is 0. The number of rotatable bonds is 8. The van der Waals surface area contributed by atoms with Crippen LogP contribution < -0.4 is 10.5 Å². The highest BCUT2D eigenvalue weighted by Gasteiger charge is 2.23. The number of esters is 1. The van der Waals surface area contributed by atoms with Gasteiger partial charge in [-0.05, 0) is 53.4 Å². The molecule has 8 nitrogen and oxygen atoms in total. The molecule has 0 saturated carbocycles. The molecule has 0 unspecified atom stereocenters. The van der Waals surface area contributed by atoms with E-state index in [-0.39, 0.29) is 18.0 Å². The topological polar surface area (TPSA) is 114 Å². The number of carbonyl (C=O) groups excluding carboxylic acids is 1. The van der Waals surface area contributed by atoms with Crippen LogP contribution in [-0.2, 0) is 32.4 Å². The molecule has 0 aliphatic rings. The lowest BCUT2D eigenvalue weighted by atomic mass is 10.0. The first kappa shape index (κ1) is 22.5. The summed E-state index contributed by atoms with van der Waals surface area (Å²) in [6, 6.07) is 16.3. The predicted octanol–water partition coefficient (Wildman–Crippen LogP) is 2.87. The average Bonchev–Trinajstić information content (AvgIpc) is 3.18. The van der Waals surface area contributed by atoms with Crippen LogP contribution in [-0.4, -0.2) is 37.2 Å². The van der Waals surface area contributed by atoms with Crippen molar-refractivity contribution in [3.63, 3.8) is 0 Å². The molecule has 0 fully saturated rings. The second kappa shape index (κ2) is 9.43.